The van der Waals surface area contributed by atoms with Crippen LogP contribution in [0.5, 0.6) is 5.75 Å². The fourth-order valence-electron chi connectivity index (χ4n) is 3.45. The summed E-state index contributed by atoms with van der Waals surface area (Å²) in [5.41, 5.74) is 0.680. The molecule has 2 aromatic carbocycles. The van der Waals surface area contributed by atoms with Crippen LogP contribution in [-0.4, -0.2) is 0 Å². The molecule has 26 heavy (non-hydrogen) atoms. The summed E-state index contributed by atoms with van der Waals surface area (Å²) in [6.07, 6.45) is 0.651. The van der Waals surface area contributed by atoms with E-state index in [0.29, 0.717) is 11.8 Å². The Bertz CT molecular complexity index is 768. The Morgan fingerprint density at radius 2 is 1.54 bits per heavy atom. The van der Waals surface area contributed by atoms with Gasteiger partial charge in [-0.1, -0.05) is 38.0 Å². The van der Waals surface area contributed by atoms with Gasteiger partial charge in [0.1, 0.15) is 0 Å². The molecule has 3 rings (SSSR count). The average Bonchev–Trinajstić information content (AvgIpc) is 2.63. The van der Waals surface area contributed by atoms with Crippen LogP contribution in [0, 0.1) is 24.5 Å². The molecule has 1 nitrogen and oxygen atoms in total. The van der Waals surface area contributed by atoms with Gasteiger partial charge in [-0.15, -0.1) is 0 Å². The molecule has 0 heterocycles. The van der Waals surface area contributed by atoms with Crippen molar-refractivity contribution in [3.63, 3.8) is 0 Å². The van der Waals surface area contributed by atoms with E-state index in [2.05, 4.69) is 11.7 Å². The third-order valence-electron chi connectivity index (χ3n) is 5.21. The topological polar surface area (TPSA) is 9.23 Å². The fourth-order valence-corrected chi connectivity index (χ4v) is 3.45. The van der Waals surface area contributed by atoms with E-state index in [-0.39, 0.29) is 12.6 Å². The zero-order valence-corrected chi connectivity index (χ0v) is 14.9. The van der Waals surface area contributed by atoms with E-state index >= 15 is 0 Å². The summed E-state index contributed by atoms with van der Waals surface area (Å²) in [6, 6.07) is 8.18. The van der Waals surface area contributed by atoms with Gasteiger partial charge in [0.2, 0.25) is 5.82 Å². The van der Waals surface area contributed by atoms with E-state index in [1.807, 2.05) is 0 Å². The van der Waals surface area contributed by atoms with Gasteiger partial charge < -0.3 is 4.74 Å². The molecule has 142 valence electrons. The predicted octanol–water partition coefficient (Wildman–Crippen LogP) is 6.94. The summed E-state index contributed by atoms with van der Waals surface area (Å²) >= 11 is 0. The zero-order chi connectivity index (χ0) is 18.9. The summed E-state index contributed by atoms with van der Waals surface area (Å²) in [7, 11) is 0. The second-order valence-corrected chi connectivity index (χ2v) is 7.21. The van der Waals surface area contributed by atoms with Crippen LogP contribution in [0.15, 0.2) is 36.4 Å². The Hall–Kier alpha value is -2.04. The summed E-state index contributed by atoms with van der Waals surface area (Å²) < 4.78 is 60.6. The first-order chi connectivity index (χ1) is 12.3. The molecule has 5 heteroatoms. The standard InChI is InChI=1S/C21H22F4O.H2/c1-13-3-6-15(7-4-13)16-8-10-17(11-9-16)21(24,25)26-18-12-5-14(2)19(22)20(18)23;/h5,8-13,15H,3-4,6-7H2,1-2H3;1H. The molecule has 0 amide bonds. The minimum Gasteiger partial charge on any atom is -0.426 e. The van der Waals surface area contributed by atoms with Crippen molar-refractivity contribution in [3.8, 4) is 5.75 Å². The average molecular weight is 368 g/mol. The smallest absolute Gasteiger partial charge is 0.426 e. The van der Waals surface area contributed by atoms with E-state index in [4.69, 9.17) is 0 Å². The normalized spacial score (nSPS) is 20.8. The SMILES string of the molecule is Cc1ccc(OC(F)(F)c2ccc(C3CCC(C)CC3)cc2)c(F)c1F.[HH]. The van der Waals surface area contributed by atoms with Gasteiger partial charge in [0.15, 0.2) is 11.6 Å². The van der Waals surface area contributed by atoms with E-state index in [1.54, 1.807) is 12.1 Å². The number of benzene rings is 2. The van der Waals surface area contributed by atoms with Crippen LogP contribution in [0.3, 0.4) is 0 Å². The first-order valence-corrected chi connectivity index (χ1v) is 8.90. The molecule has 0 atom stereocenters. The van der Waals surface area contributed by atoms with Crippen molar-refractivity contribution >= 4 is 0 Å². The van der Waals surface area contributed by atoms with Gasteiger partial charge in [0.25, 0.3) is 0 Å². The molecule has 1 aliphatic rings. The lowest BCUT2D eigenvalue weighted by atomic mass is 9.79. The molecule has 0 radical (unpaired) electrons. The molecule has 0 saturated heterocycles. The number of aryl methyl sites for hydroxylation is 1. The van der Waals surface area contributed by atoms with Crippen molar-refractivity contribution in [1.82, 2.24) is 0 Å². The number of ether oxygens (including phenoxy) is 1. The number of rotatable bonds is 4. The van der Waals surface area contributed by atoms with Crippen LogP contribution in [0.4, 0.5) is 17.6 Å². The van der Waals surface area contributed by atoms with Crippen LogP contribution in [0.2, 0.25) is 0 Å². The summed E-state index contributed by atoms with van der Waals surface area (Å²) in [5.74, 6) is -2.28. The zero-order valence-electron chi connectivity index (χ0n) is 14.9. The van der Waals surface area contributed by atoms with Gasteiger partial charge >= 0.3 is 6.11 Å². The molecule has 1 saturated carbocycles. The van der Waals surface area contributed by atoms with E-state index in [1.165, 1.54) is 25.1 Å². The highest BCUT2D eigenvalue weighted by atomic mass is 19.3. The van der Waals surface area contributed by atoms with Crippen molar-refractivity contribution in [3.05, 3.63) is 64.7 Å². The van der Waals surface area contributed by atoms with E-state index < -0.39 is 23.5 Å². The third kappa shape index (κ3) is 3.87. The minimum absolute atomic E-state index is 0. The molecule has 1 aliphatic carbocycles. The summed E-state index contributed by atoms with van der Waals surface area (Å²) in [6.45, 7) is 3.58. The molecule has 1 fully saturated rings. The van der Waals surface area contributed by atoms with Gasteiger partial charge in [-0.05, 0) is 60.9 Å². The molecular weight excluding hydrogens is 344 g/mol. The van der Waals surface area contributed by atoms with Crippen LogP contribution in [0.1, 0.15) is 56.6 Å². The molecular formula is C21H24F4O. The van der Waals surface area contributed by atoms with Gasteiger partial charge in [-0.25, -0.2) is 4.39 Å². The van der Waals surface area contributed by atoms with E-state index in [0.717, 1.165) is 37.3 Å². The van der Waals surface area contributed by atoms with E-state index in [9.17, 15) is 17.6 Å². The fraction of sp³-hybridized carbons (Fsp3) is 0.429. The summed E-state index contributed by atoms with van der Waals surface area (Å²) in [4.78, 5) is 0. The number of hydrogen-bond acceptors (Lipinski definition) is 1. The number of halogens is 4. The molecule has 0 aliphatic heterocycles. The number of alkyl halides is 2. The van der Waals surface area contributed by atoms with Crippen LogP contribution < -0.4 is 4.74 Å². The highest BCUT2D eigenvalue weighted by molar-refractivity contribution is 5.32. The highest BCUT2D eigenvalue weighted by Crippen LogP contribution is 2.38. The molecule has 0 unspecified atom stereocenters. The van der Waals surface area contributed by atoms with Crippen LogP contribution in [-0.2, 0) is 6.11 Å². The predicted molar refractivity (Wildman–Crippen MR) is 94.5 cm³/mol. The minimum atomic E-state index is -3.75. The molecule has 0 aromatic heterocycles. The maximum atomic E-state index is 14.4. The molecule has 0 bridgehead atoms. The Balaban J connectivity index is 0.00000261. The summed E-state index contributed by atoms with van der Waals surface area (Å²) in [5, 5.41) is 0. The van der Waals surface area contributed by atoms with Gasteiger partial charge in [-0.2, -0.15) is 13.2 Å². The lowest BCUT2D eigenvalue weighted by Crippen LogP contribution is -2.23. The Morgan fingerprint density at radius 3 is 2.15 bits per heavy atom. The first kappa shape index (κ1) is 18.7. The number of hydrogen-bond donors (Lipinski definition) is 0. The van der Waals surface area contributed by atoms with Crippen molar-refractivity contribution in [2.24, 2.45) is 5.92 Å². The quantitative estimate of drug-likeness (QED) is 0.531. The van der Waals surface area contributed by atoms with Crippen molar-refractivity contribution in [1.29, 1.82) is 0 Å². The van der Waals surface area contributed by atoms with Gasteiger partial charge in [-0.3, -0.25) is 0 Å². The highest BCUT2D eigenvalue weighted by Gasteiger charge is 2.36. The molecule has 0 spiro atoms. The second-order valence-electron chi connectivity index (χ2n) is 7.21. The van der Waals surface area contributed by atoms with Crippen LogP contribution >= 0.6 is 0 Å². The van der Waals surface area contributed by atoms with Gasteiger partial charge in [0, 0.05) is 1.43 Å². The maximum Gasteiger partial charge on any atom is 0.426 e. The van der Waals surface area contributed by atoms with Crippen molar-refractivity contribution in [2.45, 2.75) is 51.6 Å². The Kier molecular flexibility index (Phi) is 5.26. The third-order valence-corrected chi connectivity index (χ3v) is 5.21. The lowest BCUT2D eigenvalue weighted by molar-refractivity contribution is -0.187. The molecule has 0 N–H and O–H groups in total. The van der Waals surface area contributed by atoms with Gasteiger partial charge in [0.05, 0.1) is 5.56 Å². The Labute approximate surface area is 152 Å². The lowest BCUT2D eigenvalue weighted by Gasteiger charge is -2.27. The Morgan fingerprint density at radius 1 is 0.923 bits per heavy atom. The monoisotopic (exact) mass is 368 g/mol. The second kappa shape index (κ2) is 7.29. The molecule has 2 aromatic rings. The van der Waals surface area contributed by atoms with Crippen molar-refractivity contribution < 1.29 is 23.7 Å². The van der Waals surface area contributed by atoms with Crippen molar-refractivity contribution in [2.75, 3.05) is 0 Å². The maximum absolute atomic E-state index is 14.4. The largest absolute Gasteiger partial charge is 0.426 e. The first-order valence-electron chi connectivity index (χ1n) is 8.90. The van der Waals surface area contributed by atoms with Crippen LogP contribution in [0.25, 0.3) is 0 Å².